The molecule has 1 aromatic heterocycles. The molecule has 5 nitrogen and oxygen atoms in total. The largest absolute Gasteiger partial charge is 0.457 e. The van der Waals surface area contributed by atoms with Crippen LogP contribution in [-0.4, -0.2) is 9.91 Å². The zero-order chi connectivity index (χ0) is 18.1. The van der Waals surface area contributed by atoms with Crippen molar-refractivity contribution in [3.63, 3.8) is 0 Å². The van der Waals surface area contributed by atoms with Crippen molar-refractivity contribution in [3.8, 4) is 11.5 Å². The van der Waals surface area contributed by atoms with Gasteiger partial charge in [0.15, 0.2) is 0 Å². The summed E-state index contributed by atoms with van der Waals surface area (Å²) in [6, 6.07) is 9.04. The van der Waals surface area contributed by atoms with E-state index in [2.05, 4.69) is 25.0 Å². The van der Waals surface area contributed by atoms with Gasteiger partial charge in [0.05, 0.1) is 4.92 Å². The molecule has 0 bridgehead atoms. The zero-order valence-corrected chi connectivity index (χ0v) is 14.9. The molecule has 130 valence electrons. The lowest BCUT2D eigenvalue weighted by Gasteiger charge is -2.13. The SMILES string of the molecule is CCC(C)c1c[nH]c2ccc(Oc3c(C)cc([N+](=O)[O-])cc3C)cc12. The highest BCUT2D eigenvalue weighted by molar-refractivity contribution is 5.85. The highest BCUT2D eigenvalue weighted by Gasteiger charge is 2.15. The fourth-order valence-corrected chi connectivity index (χ4v) is 3.12. The standard InChI is InChI=1S/C20H22N2O3/c1-5-12(2)18-11-21-19-7-6-16(10-17(18)19)25-20-13(3)8-15(22(23)24)9-14(20)4/h6-12,21H,5H2,1-4H3. The maximum Gasteiger partial charge on any atom is 0.270 e. The molecule has 0 aliphatic heterocycles. The van der Waals surface area contributed by atoms with E-state index in [0.717, 1.165) is 34.2 Å². The van der Waals surface area contributed by atoms with Crippen molar-refractivity contribution in [2.75, 3.05) is 0 Å². The molecule has 0 aliphatic carbocycles. The number of aromatic amines is 1. The lowest BCUT2D eigenvalue weighted by atomic mass is 9.98. The normalized spacial score (nSPS) is 12.3. The first-order chi connectivity index (χ1) is 11.9. The number of nitrogens with one attached hydrogen (secondary N) is 1. The predicted octanol–water partition coefficient (Wildman–Crippen LogP) is 6.00. The van der Waals surface area contributed by atoms with Crippen molar-refractivity contribution in [1.82, 2.24) is 4.98 Å². The number of hydrogen-bond donors (Lipinski definition) is 1. The number of hydrogen-bond acceptors (Lipinski definition) is 3. The smallest absolute Gasteiger partial charge is 0.270 e. The van der Waals surface area contributed by atoms with E-state index >= 15 is 0 Å². The number of nitro groups is 1. The van der Waals surface area contributed by atoms with Gasteiger partial charge in [0.2, 0.25) is 0 Å². The topological polar surface area (TPSA) is 68.2 Å². The van der Waals surface area contributed by atoms with Gasteiger partial charge in [-0.25, -0.2) is 0 Å². The minimum Gasteiger partial charge on any atom is -0.457 e. The molecule has 0 fully saturated rings. The number of ether oxygens (including phenoxy) is 1. The molecule has 0 saturated heterocycles. The summed E-state index contributed by atoms with van der Waals surface area (Å²) in [6.45, 7) is 8.04. The Balaban J connectivity index is 2.00. The number of benzene rings is 2. The summed E-state index contributed by atoms with van der Waals surface area (Å²) in [4.78, 5) is 13.9. The van der Waals surface area contributed by atoms with Crippen LogP contribution in [0, 0.1) is 24.0 Å². The van der Waals surface area contributed by atoms with Crippen molar-refractivity contribution in [2.24, 2.45) is 0 Å². The second kappa shape index (κ2) is 6.59. The van der Waals surface area contributed by atoms with Crippen molar-refractivity contribution < 1.29 is 9.66 Å². The molecule has 0 spiro atoms. The number of fused-ring (bicyclic) bond motifs is 1. The van der Waals surface area contributed by atoms with Crippen LogP contribution in [0.25, 0.3) is 10.9 Å². The van der Waals surface area contributed by atoms with Gasteiger partial charge in [0, 0.05) is 29.2 Å². The van der Waals surface area contributed by atoms with Gasteiger partial charge in [0.1, 0.15) is 11.5 Å². The van der Waals surface area contributed by atoms with Gasteiger partial charge in [-0.3, -0.25) is 10.1 Å². The Morgan fingerprint density at radius 1 is 1.20 bits per heavy atom. The van der Waals surface area contributed by atoms with Crippen molar-refractivity contribution >= 4 is 16.6 Å². The molecule has 5 heteroatoms. The first-order valence-corrected chi connectivity index (χ1v) is 8.45. The van der Waals surface area contributed by atoms with Crippen molar-refractivity contribution in [1.29, 1.82) is 0 Å². The van der Waals surface area contributed by atoms with E-state index in [1.807, 2.05) is 32.0 Å². The molecular weight excluding hydrogens is 316 g/mol. The summed E-state index contributed by atoms with van der Waals surface area (Å²) in [5.74, 6) is 1.87. The van der Waals surface area contributed by atoms with E-state index in [1.54, 1.807) is 12.1 Å². The van der Waals surface area contributed by atoms with Crippen LogP contribution in [-0.2, 0) is 0 Å². The van der Waals surface area contributed by atoms with Gasteiger partial charge in [-0.05, 0) is 61.1 Å². The maximum absolute atomic E-state index is 11.0. The third-order valence-corrected chi connectivity index (χ3v) is 4.70. The third-order valence-electron chi connectivity index (χ3n) is 4.70. The molecule has 3 rings (SSSR count). The van der Waals surface area contributed by atoms with Gasteiger partial charge >= 0.3 is 0 Å². The third kappa shape index (κ3) is 3.22. The Morgan fingerprint density at radius 3 is 2.48 bits per heavy atom. The molecule has 1 heterocycles. The van der Waals surface area contributed by atoms with Crippen LogP contribution in [0.15, 0.2) is 36.5 Å². The summed E-state index contributed by atoms with van der Waals surface area (Å²) >= 11 is 0. The number of rotatable bonds is 5. The van der Waals surface area contributed by atoms with E-state index in [4.69, 9.17) is 4.74 Å². The monoisotopic (exact) mass is 338 g/mol. The van der Waals surface area contributed by atoms with Crippen LogP contribution >= 0.6 is 0 Å². The number of aryl methyl sites for hydroxylation is 2. The second-order valence-corrected chi connectivity index (χ2v) is 6.53. The number of non-ortho nitro benzene ring substituents is 1. The highest BCUT2D eigenvalue weighted by atomic mass is 16.6. The lowest BCUT2D eigenvalue weighted by Crippen LogP contribution is -1.95. The molecule has 1 N–H and O–H groups in total. The minimum atomic E-state index is -0.381. The molecule has 0 amide bonds. The number of H-pyrrole nitrogens is 1. The van der Waals surface area contributed by atoms with E-state index in [0.29, 0.717) is 11.7 Å². The molecule has 1 unspecified atom stereocenters. The summed E-state index contributed by atoms with van der Waals surface area (Å²) in [7, 11) is 0. The van der Waals surface area contributed by atoms with E-state index in [-0.39, 0.29) is 10.6 Å². The Morgan fingerprint density at radius 2 is 1.88 bits per heavy atom. The van der Waals surface area contributed by atoms with E-state index < -0.39 is 0 Å². The fourth-order valence-electron chi connectivity index (χ4n) is 3.12. The Hall–Kier alpha value is -2.82. The fraction of sp³-hybridized carbons (Fsp3) is 0.300. The number of nitro benzene ring substituents is 1. The quantitative estimate of drug-likeness (QED) is 0.458. The van der Waals surface area contributed by atoms with Crippen molar-refractivity contribution in [3.05, 3.63) is 63.3 Å². The summed E-state index contributed by atoms with van der Waals surface area (Å²) < 4.78 is 6.08. The molecule has 3 aromatic rings. The van der Waals surface area contributed by atoms with Gasteiger partial charge in [-0.2, -0.15) is 0 Å². The van der Waals surface area contributed by atoms with Gasteiger partial charge in [-0.1, -0.05) is 13.8 Å². The van der Waals surface area contributed by atoms with Gasteiger partial charge in [0.25, 0.3) is 5.69 Å². The molecule has 1 atom stereocenters. The lowest BCUT2D eigenvalue weighted by molar-refractivity contribution is -0.385. The summed E-state index contributed by atoms with van der Waals surface area (Å²) in [5, 5.41) is 12.1. The zero-order valence-electron chi connectivity index (χ0n) is 14.9. The number of nitrogens with zero attached hydrogens (tertiary/aromatic N) is 1. The molecule has 25 heavy (non-hydrogen) atoms. The summed E-state index contributed by atoms with van der Waals surface area (Å²) in [6.07, 6.45) is 3.13. The highest BCUT2D eigenvalue weighted by Crippen LogP contribution is 2.35. The van der Waals surface area contributed by atoms with Crippen LogP contribution in [0.4, 0.5) is 5.69 Å². The van der Waals surface area contributed by atoms with Crippen LogP contribution < -0.4 is 4.74 Å². The van der Waals surface area contributed by atoms with Crippen LogP contribution in [0.1, 0.15) is 42.9 Å². The molecular formula is C20H22N2O3. The minimum absolute atomic E-state index is 0.0856. The predicted molar refractivity (Wildman–Crippen MR) is 99.6 cm³/mol. The molecule has 0 saturated carbocycles. The number of aromatic nitrogens is 1. The molecule has 2 aromatic carbocycles. The Labute approximate surface area is 146 Å². The first-order valence-electron chi connectivity index (χ1n) is 8.45. The maximum atomic E-state index is 11.0. The summed E-state index contributed by atoms with van der Waals surface area (Å²) in [5.41, 5.74) is 3.95. The van der Waals surface area contributed by atoms with Crippen LogP contribution in [0.3, 0.4) is 0 Å². The van der Waals surface area contributed by atoms with Gasteiger partial charge in [-0.15, -0.1) is 0 Å². The second-order valence-electron chi connectivity index (χ2n) is 6.53. The average Bonchev–Trinajstić information content (AvgIpc) is 3.00. The Bertz CT molecular complexity index is 920. The van der Waals surface area contributed by atoms with Crippen molar-refractivity contribution in [2.45, 2.75) is 40.0 Å². The van der Waals surface area contributed by atoms with Crippen LogP contribution in [0.5, 0.6) is 11.5 Å². The average molecular weight is 338 g/mol. The van der Waals surface area contributed by atoms with E-state index in [9.17, 15) is 10.1 Å². The molecule has 0 aliphatic rings. The van der Waals surface area contributed by atoms with Crippen LogP contribution in [0.2, 0.25) is 0 Å². The Kier molecular flexibility index (Phi) is 4.49. The first kappa shape index (κ1) is 17.0. The van der Waals surface area contributed by atoms with Gasteiger partial charge < -0.3 is 9.72 Å². The van der Waals surface area contributed by atoms with E-state index in [1.165, 1.54) is 5.56 Å². The molecule has 0 radical (unpaired) electrons.